The van der Waals surface area contributed by atoms with Crippen molar-refractivity contribution < 1.29 is 13.6 Å². The van der Waals surface area contributed by atoms with Gasteiger partial charge in [-0.2, -0.15) is 14.0 Å². The van der Waals surface area contributed by atoms with Crippen molar-refractivity contribution in [3.05, 3.63) is 72.2 Å². The number of nitrogens with zero attached hydrogens (tertiary/aromatic N) is 6. The van der Waals surface area contributed by atoms with Gasteiger partial charge in [0.2, 0.25) is 5.91 Å². The zero-order chi connectivity index (χ0) is 23.0. The highest BCUT2D eigenvalue weighted by Crippen LogP contribution is 2.35. The number of carbonyl (C=O) groups is 1. The second kappa shape index (κ2) is 8.20. The number of hydrogen-bond acceptors (Lipinski definition) is 6. The molecule has 1 aromatic carbocycles. The van der Waals surface area contributed by atoms with Gasteiger partial charge in [-0.1, -0.05) is 12.1 Å². The molecule has 166 valence electrons. The highest BCUT2D eigenvalue weighted by Gasteiger charge is 2.42. The van der Waals surface area contributed by atoms with Crippen molar-refractivity contribution in [2.45, 2.75) is 30.8 Å². The summed E-state index contributed by atoms with van der Waals surface area (Å²) in [5, 5.41) is 8.97. The van der Waals surface area contributed by atoms with E-state index in [1.165, 1.54) is 30.7 Å². The molecule has 5 rings (SSSR count). The Morgan fingerprint density at radius 2 is 1.85 bits per heavy atom. The topological polar surface area (TPSA) is 86.0 Å². The van der Waals surface area contributed by atoms with E-state index >= 15 is 0 Å². The van der Waals surface area contributed by atoms with E-state index in [1.807, 2.05) is 6.07 Å². The molecule has 1 amide bonds. The van der Waals surface area contributed by atoms with Crippen molar-refractivity contribution in [2.75, 3.05) is 18.0 Å². The number of alkyl halides is 2. The van der Waals surface area contributed by atoms with Gasteiger partial charge in [0.25, 0.3) is 5.92 Å². The molecule has 7 nitrogen and oxygen atoms in total. The lowest BCUT2D eigenvalue weighted by atomic mass is 10.1. The number of aromatic nitrogens is 3. The Morgan fingerprint density at radius 3 is 2.55 bits per heavy atom. The molecule has 0 N–H and O–H groups in total. The Balaban J connectivity index is 1.31. The molecule has 2 atom stereocenters. The lowest BCUT2D eigenvalue weighted by Crippen LogP contribution is -2.55. The van der Waals surface area contributed by atoms with Gasteiger partial charge in [-0.3, -0.25) is 14.8 Å². The number of fused-ring (bicyclic) bond motifs is 3. The lowest BCUT2D eigenvalue weighted by Gasteiger charge is -2.41. The number of likely N-dealkylation sites (tertiary alicyclic amines) is 1. The third kappa shape index (κ3) is 3.89. The van der Waals surface area contributed by atoms with E-state index in [-0.39, 0.29) is 23.2 Å². The molecule has 9 heteroatoms. The van der Waals surface area contributed by atoms with Crippen molar-refractivity contribution in [2.24, 2.45) is 0 Å². The minimum absolute atomic E-state index is 0.0652. The van der Waals surface area contributed by atoms with Crippen molar-refractivity contribution in [3.63, 3.8) is 0 Å². The highest BCUT2D eigenvalue weighted by molar-refractivity contribution is 5.88. The zero-order valence-corrected chi connectivity index (χ0v) is 17.6. The Morgan fingerprint density at radius 1 is 1.09 bits per heavy atom. The second-order valence-electron chi connectivity index (χ2n) is 8.24. The Labute approximate surface area is 189 Å². The molecule has 0 radical (unpaired) electrons. The van der Waals surface area contributed by atoms with Gasteiger partial charge in [0.05, 0.1) is 22.2 Å². The van der Waals surface area contributed by atoms with Crippen LogP contribution < -0.4 is 4.90 Å². The molecule has 2 aromatic heterocycles. The van der Waals surface area contributed by atoms with Crippen LogP contribution in [0.25, 0.3) is 11.0 Å². The first-order chi connectivity index (χ1) is 16.0. The van der Waals surface area contributed by atoms with E-state index in [2.05, 4.69) is 25.9 Å². The zero-order valence-electron chi connectivity index (χ0n) is 17.6. The van der Waals surface area contributed by atoms with E-state index in [4.69, 9.17) is 5.26 Å². The lowest BCUT2D eigenvalue weighted by molar-refractivity contribution is -0.127. The van der Waals surface area contributed by atoms with Crippen molar-refractivity contribution in [3.8, 4) is 6.07 Å². The van der Waals surface area contributed by atoms with Crippen LogP contribution in [0.2, 0.25) is 0 Å². The van der Waals surface area contributed by atoms with Crippen molar-refractivity contribution >= 4 is 22.8 Å². The summed E-state index contributed by atoms with van der Waals surface area (Å²) in [6.07, 6.45) is 7.75. The number of para-hydroxylation sites is 1. The molecule has 2 saturated heterocycles. The van der Waals surface area contributed by atoms with Crippen molar-refractivity contribution in [1.29, 1.82) is 5.26 Å². The predicted octanol–water partition coefficient (Wildman–Crippen LogP) is 3.42. The number of hydrogen-bond donors (Lipinski definition) is 0. The van der Waals surface area contributed by atoms with Gasteiger partial charge in [0.1, 0.15) is 11.9 Å². The number of pyridine rings is 1. The van der Waals surface area contributed by atoms with Gasteiger partial charge in [0, 0.05) is 49.8 Å². The average molecular weight is 446 g/mol. The van der Waals surface area contributed by atoms with Gasteiger partial charge in [0.15, 0.2) is 0 Å². The molecule has 2 aliphatic rings. The first-order valence-corrected chi connectivity index (χ1v) is 10.7. The van der Waals surface area contributed by atoms with Crippen LogP contribution in [0.15, 0.2) is 61.1 Å². The summed E-state index contributed by atoms with van der Waals surface area (Å²) in [5.41, 5.74) is 0.694. The number of halogens is 2. The molecule has 2 fully saturated rings. The minimum Gasteiger partial charge on any atom is -0.347 e. The monoisotopic (exact) mass is 446 g/mol. The fourth-order valence-corrected chi connectivity index (χ4v) is 4.69. The largest absolute Gasteiger partial charge is 0.347 e. The molecule has 0 spiro atoms. The molecule has 0 saturated carbocycles. The van der Waals surface area contributed by atoms with Crippen LogP contribution in [0.4, 0.5) is 14.6 Å². The number of rotatable bonds is 4. The second-order valence-corrected chi connectivity index (χ2v) is 8.24. The van der Waals surface area contributed by atoms with Crippen LogP contribution in [-0.2, 0) is 10.7 Å². The maximum Gasteiger partial charge on any atom is 0.294 e. The van der Waals surface area contributed by atoms with Gasteiger partial charge >= 0.3 is 0 Å². The summed E-state index contributed by atoms with van der Waals surface area (Å²) < 4.78 is 29.9. The van der Waals surface area contributed by atoms with E-state index in [0.717, 1.165) is 24.7 Å². The van der Waals surface area contributed by atoms with Gasteiger partial charge in [-0.05, 0) is 37.1 Å². The van der Waals surface area contributed by atoms with Gasteiger partial charge in [-0.25, -0.2) is 4.98 Å². The van der Waals surface area contributed by atoms with Gasteiger partial charge in [-0.15, -0.1) is 0 Å². The van der Waals surface area contributed by atoms with E-state index in [0.29, 0.717) is 30.2 Å². The van der Waals surface area contributed by atoms with E-state index in [1.54, 1.807) is 17.0 Å². The number of anilines is 1. The normalized spacial score (nSPS) is 20.4. The molecule has 33 heavy (non-hydrogen) atoms. The number of benzene rings is 1. The van der Waals surface area contributed by atoms with Crippen LogP contribution in [0.1, 0.15) is 24.0 Å². The first-order valence-electron chi connectivity index (χ1n) is 10.7. The van der Waals surface area contributed by atoms with Crippen LogP contribution in [0.3, 0.4) is 0 Å². The summed E-state index contributed by atoms with van der Waals surface area (Å²) >= 11 is 0. The summed E-state index contributed by atoms with van der Waals surface area (Å²) in [5.74, 6) is -3.03. The Hall–Kier alpha value is -3.93. The summed E-state index contributed by atoms with van der Waals surface area (Å²) in [4.78, 5) is 29.1. The Bertz CT molecular complexity index is 1250. The molecule has 0 aliphatic carbocycles. The summed E-state index contributed by atoms with van der Waals surface area (Å²) in [7, 11) is 0. The summed E-state index contributed by atoms with van der Waals surface area (Å²) in [6.45, 7) is 0.874. The average Bonchev–Trinajstić information content (AvgIpc) is 3.11. The predicted molar refractivity (Wildman–Crippen MR) is 117 cm³/mol. The third-order valence-electron chi connectivity index (χ3n) is 6.23. The fraction of sp³-hybridized carbons (Fsp3) is 0.292. The smallest absolute Gasteiger partial charge is 0.294 e. The van der Waals surface area contributed by atoms with Crippen LogP contribution >= 0.6 is 0 Å². The van der Waals surface area contributed by atoms with Crippen LogP contribution in [0, 0.1) is 11.3 Å². The van der Waals surface area contributed by atoms with E-state index < -0.39 is 11.8 Å². The fourth-order valence-electron chi connectivity index (χ4n) is 4.69. The standard InChI is InChI=1S/C24H20F2N6O/c25-24(26,19-2-1-3-20-23(19)29-11-10-28-20)9-8-22(33)31-14-17-5-6-18(15-31)32(17)21-7-4-16(12-27)13-30-21/h1-4,7-11,13,17-18H,5-6,14-15H2/b9-8+/t17-,18?/m0/s1. The maximum atomic E-state index is 15.0. The molecule has 3 aromatic rings. The molecular weight excluding hydrogens is 426 g/mol. The third-order valence-corrected chi connectivity index (χ3v) is 6.23. The Kier molecular flexibility index (Phi) is 5.21. The molecule has 2 bridgehead atoms. The number of allylic oxidation sites excluding steroid dienone is 1. The molecule has 2 aliphatic heterocycles. The summed E-state index contributed by atoms with van der Waals surface area (Å²) in [6, 6.07) is 10.1. The SMILES string of the molecule is N#Cc1ccc(N2C3CC[C@H]2CN(C(=O)/C=C/C(F)(F)c2cccc4nccnc24)C3)nc1. The number of nitriles is 1. The molecule has 1 unspecified atom stereocenters. The number of amides is 1. The molecular formula is C24H20F2N6O. The van der Waals surface area contributed by atoms with Crippen molar-refractivity contribution in [1.82, 2.24) is 19.9 Å². The minimum atomic E-state index is -3.36. The van der Waals surface area contributed by atoms with Crippen LogP contribution in [-0.4, -0.2) is 50.9 Å². The maximum absolute atomic E-state index is 15.0. The van der Waals surface area contributed by atoms with Gasteiger partial charge < -0.3 is 9.80 Å². The van der Waals surface area contributed by atoms with E-state index in [9.17, 15) is 13.6 Å². The van der Waals surface area contributed by atoms with Crippen LogP contribution in [0.5, 0.6) is 0 Å². The number of piperazine rings is 1. The highest BCUT2D eigenvalue weighted by atomic mass is 19.3. The quantitative estimate of drug-likeness (QED) is 0.571. The number of carbonyl (C=O) groups excluding carboxylic acids is 1. The molecule has 4 heterocycles. The first kappa shape index (κ1) is 20.9.